The van der Waals surface area contributed by atoms with Crippen LogP contribution in [-0.4, -0.2) is 37.5 Å². The van der Waals surface area contributed by atoms with Gasteiger partial charge in [0.05, 0.1) is 19.3 Å². The molecule has 100 valence electrons. The molecule has 1 saturated carbocycles. The van der Waals surface area contributed by atoms with Crippen LogP contribution in [0.25, 0.3) is 0 Å². The van der Waals surface area contributed by atoms with Crippen LogP contribution in [0, 0.1) is 0 Å². The summed E-state index contributed by atoms with van der Waals surface area (Å²) in [4.78, 5) is 0. The molecule has 0 aliphatic heterocycles. The van der Waals surface area contributed by atoms with E-state index in [1.807, 2.05) is 18.2 Å². The van der Waals surface area contributed by atoms with Gasteiger partial charge < -0.3 is 15.2 Å². The van der Waals surface area contributed by atoms with Gasteiger partial charge in [0.25, 0.3) is 0 Å². The number of benzene rings is 1. The highest BCUT2D eigenvalue weighted by molar-refractivity contribution is 6.31. The van der Waals surface area contributed by atoms with E-state index in [1.165, 1.54) is 5.56 Å². The third-order valence-electron chi connectivity index (χ3n) is 3.54. The van der Waals surface area contributed by atoms with Gasteiger partial charge in [0.2, 0.25) is 0 Å². The summed E-state index contributed by atoms with van der Waals surface area (Å²) in [5.74, 6) is 0.540. The summed E-state index contributed by atoms with van der Waals surface area (Å²) in [5, 5.41) is 13.5. The quantitative estimate of drug-likeness (QED) is 0.832. The van der Waals surface area contributed by atoms with Crippen LogP contribution in [0.2, 0.25) is 5.02 Å². The second-order valence-corrected chi connectivity index (χ2v) is 5.30. The van der Waals surface area contributed by atoms with Gasteiger partial charge in [-0.3, -0.25) is 0 Å². The van der Waals surface area contributed by atoms with E-state index in [2.05, 4.69) is 11.4 Å². The van der Waals surface area contributed by atoms with Crippen LogP contribution in [0.1, 0.15) is 24.3 Å². The molecule has 2 N–H and O–H groups in total. The smallest absolute Gasteiger partial charge is 0.0638 e. The molecule has 1 aliphatic carbocycles. The third kappa shape index (κ3) is 3.23. The number of aliphatic hydroxyl groups excluding tert-OH is 1. The minimum Gasteiger partial charge on any atom is -0.395 e. The number of nitrogens with one attached hydrogen (secondary N) is 1. The zero-order valence-corrected chi connectivity index (χ0v) is 11.4. The highest BCUT2D eigenvalue weighted by Crippen LogP contribution is 2.39. The Morgan fingerprint density at radius 3 is 2.78 bits per heavy atom. The molecular formula is C14H20ClNO2. The molecule has 3 nitrogen and oxygen atoms in total. The Hall–Kier alpha value is -0.610. The molecule has 1 aliphatic rings. The van der Waals surface area contributed by atoms with Crippen LogP contribution in [0.15, 0.2) is 24.3 Å². The molecule has 2 rings (SSSR count). The fourth-order valence-corrected chi connectivity index (χ4v) is 2.79. The molecule has 1 atom stereocenters. The van der Waals surface area contributed by atoms with Crippen LogP contribution in [-0.2, 0) is 4.74 Å². The van der Waals surface area contributed by atoms with Gasteiger partial charge in [-0.1, -0.05) is 29.8 Å². The van der Waals surface area contributed by atoms with Crippen LogP contribution < -0.4 is 5.32 Å². The van der Waals surface area contributed by atoms with E-state index in [9.17, 15) is 5.11 Å². The normalized spacial score (nSPS) is 24.6. The molecule has 1 unspecified atom stereocenters. The van der Waals surface area contributed by atoms with Gasteiger partial charge in [-0.05, 0) is 30.4 Å². The van der Waals surface area contributed by atoms with Crippen molar-refractivity contribution < 1.29 is 9.84 Å². The molecule has 4 heteroatoms. The lowest BCUT2D eigenvalue weighted by molar-refractivity contribution is 0.110. The molecule has 0 spiro atoms. The molecule has 0 bridgehead atoms. The average molecular weight is 270 g/mol. The standard InChI is InChI=1S/C14H20ClNO2/c1-18-9-12(8-17)16-11-6-10(7-11)13-4-2-3-5-14(13)15/h2-5,10-12,16-17H,6-9H2,1H3. The fraction of sp³-hybridized carbons (Fsp3) is 0.571. The van der Waals surface area contributed by atoms with Crippen molar-refractivity contribution in [2.75, 3.05) is 20.3 Å². The summed E-state index contributed by atoms with van der Waals surface area (Å²) < 4.78 is 5.05. The molecule has 0 aromatic heterocycles. The van der Waals surface area contributed by atoms with Crippen molar-refractivity contribution in [2.45, 2.75) is 30.8 Å². The predicted molar refractivity (Wildman–Crippen MR) is 73.1 cm³/mol. The van der Waals surface area contributed by atoms with Gasteiger partial charge in [0.15, 0.2) is 0 Å². The number of hydrogen-bond donors (Lipinski definition) is 2. The summed E-state index contributed by atoms with van der Waals surface area (Å²) in [7, 11) is 1.65. The minimum atomic E-state index is 0.0344. The molecule has 18 heavy (non-hydrogen) atoms. The lowest BCUT2D eigenvalue weighted by atomic mass is 9.75. The first-order valence-corrected chi connectivity index (χ1v) is 6.72. The van der Waals surface area contributed by atoms with E-state index in [-0.39, 0.29) is 12.6 Å². The Bertz CT molecular complexity index is 380. The number of rotatable bonds is 6. The highest BCUT2D eigenvalue weighted by Gasteiger charge is 2.32. The second-order valence-electron chi connectivity index (χ2n) is 4.89. The third-order valence-corrected chi connectivity index (χ3v) is 3.89. The Kier molecular flexibility index (Phi) is 5.01. The molecule has 0 radical (unpaired) electrons. The largest absolute Gasteiger partial charge is 0.395 e. The summed E-state index contributed by atoms with van der Waals surface area (Å²) in [5.41, 5.74) is 1.24. The molecule has 1 fully saturated rings. The number of methoxy groups -OCH3 is 1. The molecule has 1 aromatic carbocycles. The molecule has 0 saturated heterocycles. The van der Waals surface area contributed by atoms with Crippen molar-refractivity contribution in [2.24, 2.45) is 0 Å². The van der Waals surface area contributed by atoms with Gasteiger partial charge in [0, 0.05) is 18.2 Å². The van der Waals surface area contributed by atoms with E-state index < -0.39 is 0 Å². The van der Waals surface area contributed by atoms with Crippen molar-refractivity contribution in [1.82, 2.24) is 5.32 Å². The summed E-state index contributed by atoms with van der Waals surface area (Å²) in [6, 6.07) is 8.52. The monoisotopic (exact) mass is 269 g/mol. The Morgan fingerprint density at radius 2 is 2.17 bits per heavy atom. The van der Waals surface area contributed by atoms with E-state index in [4.69, 9.17) is 16.3 Å². The maximum atomic E-state index is 9.19. The fourth-order valence-electron chi connectivity index (χ4n) is 2.50. The summed E-state index contributed by atoms with van der Waals surface area (Å²) >= 11 is 6.18. The average Bonchev–Trinajstić information content (AvgIpc) is 2.33. The Morgan fingerprint density at radius 1 is 1.44 bits per heavy atom. The molecule has 0 amide bonds. The lowest BCUT2D eigenvalue weighted by Crippen LogP contribution is -2.48. The molecule has 1 aromatic rings. The van der Waals surface area contributed by atoms with Crippen molar-refractivity contribution in [1.29, 1.82) is 0 Å². The number of hydrogen-bond acceptors (Lipinski definition) is 3. The predicted octanol–water partition coefficient (Wildman–Crippen LogP) is 2.18. The Balaban J connectivity index is 1.82. The van der Waals surface area contributed by atoms with Crippen molar-refractivity contribution in [3.63, 3.8) is 0 Å². The van der Waals surface area contributed by atoms with Crippen LogP contribution in [0.5, 0.6) is 0 Å². The minimum absolute atomic E-state index is 0.0344. The molecular weight excluding hydrogens is 250 g/mol. The summed E-state index contributed by atoms with van der Waals surface area (Å²) in [6.45, 7) is 0.658. The van der Waals surface area contributed by atoms with Crippen molar-refractivity contribution in [3.05, 3.63) is 34.9 Å². The van der Waals surface area contributed by atoms with Gasteiger partial charge >= 0.3 is 0 Å². The zero-order chi connectivity index (χ0) is 13.0. The zero-order valence-electron chi connectivity index (χ0n) is 10.6. The van der Waals surface area contributed by atoms with Gasteiger partial charge in [-0.25, -0.2) is 0 Å². The van der Waals surface area contributed by atoms with Crippen molar-refractivity contribution >= 4 is 11.6 Å². The van der Waals surface area contributed by atoms with E-state index in [0.29, 0.717) is 18.6 Å². The first kappa shape index (κ1) is 13.8. The summed E-state index contributed by atoms with van der Waals surface area (Å²) in [6.07, 6.45) is 2.15. The number of ether oxygens (including phenoxy) is 1. The first-order valence-electron chi connectivity index (χ1n) is 6.34. The second kappa shape index (κ2) is 6.53. The van der Waals surface area contributed by atoms with Crippen LogP contribution >= 0.6 is 11.6 Å². The van der Waals surface area contributed by atoms with Gasteiger partial charge in [0.1, 0.15) is 0 Å². The van der Waals surface area contributed by atoms with E-state index >= 15 is 0 Å². The first-order chi connectivity index (χ1) is 8.74. The van der Waals surface area contributed by atoms with E-state index in [0.717, 1.165) is 17.9 Å². The number of aliphatic hydroxyl groups is 1. The SMILES string of the molecule is COCC(CO)NC1CC(c2ccccc2Cl)C1. The van der Waals surface area contributed by atoms with Gasteiger partial charge in [-0.2, -0.15) is 0 Å². The maximum Gasteiger partial charge on any atom is 0.0638 e. The lowest BCUT2D eigenvalue weighted by Gasteiger charge is -2.38. The highest BCUT2D eigenvalue weighted by atomic mass is 35.5. The van der Waals surface area contributed by atoms with Crippen LogP contribution in [0.4, 0.5) is 0 Å². The topological polar surface area (TPSA) is 41.5 Å². The molecule has 0 heterocycles. The van der Waals surface area contributed by atoms with Gasteiger partial charge in [-0.15, -0.1) is 0 Å². The maximum absolute atomic E-state index is 9.19. The van der Waals surface area contributed by atoms with Crippen molar-refractivity contribution in [3.8, 4) is 0 Å². The van der Waals surface area contributed by atoms with Crippen LogP contribution in [0.3, 0.4) is 0 Å². The van der Waals surface area contributed by atoms with E-state index in [1.54, 1.807) is 7.11 Å². The number of halogens is 1. The Labute approximate surface area is 113 Å².